The number of anilines is 1. The molecular weight excluding hydrogens is 334 g/mol. The maximum Gasteiger partial charge on any atom is 0.275 e. The number of amidine groups is 1. The second kappa shape index (κ2) is 7.53. The molecule has 0 bridgehead atoms. The van der Waals surface area contributed by atoms with Gasteiger partial charge in [0, 0.05) is 31.2 Å². The first-order chi connectivity index (χ1) is 12.0. The van der Waals surface area contributed by atoms with Gasteiger partial charge in [-0.25, -0.2) is 4.99 Å². The molecule has 0 aromatic heterocycles. The molecule has 25 heavy (non-hydrogen) atoms. The predicted octanol–water partition coefficient (Wildman–Crippen LogP) is 3.91. The van der Waals surface area contributed by atoms with Crippen LogP contribution < -0.4 is 10.2 Å². The van der Waals surface area contributed by atoms with Gasteiger partial charge in [0.25, 0.3) is 5.91 Å². The van der Waals surface area contributed by atoms with Crippen LogP contribution in [0.1, 0.15) is 17.5 Å². The van der Waals surface area contributed by atoms with Crippen molar-refractivity contribution in [1.82, 2.24) is 5.32 Å². The van der Waals surface area contributed by atoms with Crippen molar-refractivity contribution in [2.24, 2.45) is 4.99 Å². The van der Waals surface area contributed by atoms with Crippen molar-refractivity contribution in [3.8, 4) is 0 Å². The molecule has 5 heteroatoms. The van der Waals surface area contributed by atoms with E-state index in [4.69, 9.17) is 11.6 Å². The normalized spacial score (nSPS) is 15.2. The highest BCUT2D eigenvalue weighted by molar-refractivity contribution is 6.30. The molecule has 0 atom stereocenters. The van der Waals surface area contributed by atoms with Crippen LogP contribution in [0.3, 0.4) is 0 Å². The van der Waals surface area contributed by atoms with Crippen molar-refractivity contribution in [2.75, 3.05) is 19.0 Å². The lowest BCUT2D eigenvalue weighted by molar-refractivity contribution is -0.115. The fraction of sp³-hybridized carbons (Fsp3) is 0.200. The van der Waals surface area contributed by atoms with Gasteiger partial charge < -0.3 is 10.2 Å². The molecule has 3 rings (SSSR count). The van der Waals surface area contributed by atoms with E-state index in [1.54, 1.807) is 0 Å². The molecule has 1 N–H and O–H groups in total. The minimum Gasteiger partial charge on any atom is -0.378 e. The monoisotopic (exact) mass is 353 g/mol. The van der Waals surface area contributed by atoms with E-state index in [-0.39, 0.29) is 5.91 Å². The average molecular weight is 354 g/mol. The van der Waals surface area contributed by atoms with Crippen molar-refractivity contribution >= 4 is 35.1 Å². The maximum absolute atomic E-state index is 12.1. The van der Waals surface area contributed by atoms with E-state index < -0.39 is 0 Å². The molecule has 0 aliphatic carbocycles. The van der Waals surface area contributed by atoms with Crippen molar-refractivity contribution in [1.29, 1.82) is 0 Å². The number of amides is 1. The number of nitrogens with one attached hydrogen (secondary N) is 1. The fourth-order valence-electron chi connectivity index (χ4n) is 2.58. The van der Waals surface area contributed by atoms with Crippen LogP contribution in [0.4, 0.5) is 5.69 Å². The fourth-order valence-corrected chi connectivity index (χ4v) is 2.70. The van der Waals surface area contributed by atoms with E-state index in [0.717, 1.165) is 28.3 Å². The summed E-state index contributed by atoms with van der Waals surface area (Å²) >= 11 is 5.89. The molecule has 4 nitrogen and oxygen atoms in total. The summed E-state index contributed by atoms with van der Waals surface area (Å²) in [6, 6.07) is 15.7. The molecule has 0 unspecified atom stereocenters. The van der Waals surface area contributed by atoms with Gasteiger partial charge in [-0.1, -0.05) is 35.9 Å². The SMILES string of the molecule is CN(C)c1ccc(/C=C2/N=C(CCc3ccc(Cl)cc3)NC2=O)cc1. The molecule has 128 valence electrons. The van der Waals surface area contributed by atoms with E-state index >= 15 is 0 Å². The smallest absolute Gasteiger partial charge is 0.275 e. The van der Waals surface area contributed by atoms with Crippen LogP contribution in [-0.2, 0) is 11.2 Å². The van der Waals surface area contributed by atoms with Crippen LogP contribution >= 0.6 is 11.6 Å². The lowest BCUT2D eigenvalue weighted by Gasteiger charge is -2.11. The summed E-state index contributed by atoms with van der Waals surface area (Å²) in [7, 11) is 3.99. The van der Waals surface area contributed by atoms with Crippen molar-refractivity contribution in [3.63, 3.8) is 0 Å². The quantitative estimate of drug-likeness (QED) is 0.828. The number of benzene rings is 2. The van der Waals surface area contributed by atoms with Crippen LogP contribution in [0.2, 0.25) is 5.02 Å². The number of hydrogen-bond acceptors (Lipinski definition) is 3. The summed E-state index contributed by atoms with van der Waals surface area (Å²) in [6.45, 7) is 0. The molecule has 1 aliphatic heterocycles. The minimum absolute atomic E-state index is 0.150. The number of nitrogens with zero attached hydrogens (tertiary/aromatic N) is 2. The number of aryl methyl sites for hydroxylation is 1. The maximum atomic E-state index is 12.1. The minimum atomic E-state index is -0.150. The summed E-state index contributed by atoms with van der Waals surface area (Å²) in [5.74, 6) is 0.555. The Morgan fingerprint density at radius 2 is 1.72 bits per heavy atom. The molecule has 0 fully saturated rings. The number of rotatable bonds is 5. The summed E-state index contributed by atoms with van der Waals surface area (Å²) < 4.78 is 0. The lowest BCUT2D eigenvalue weighted by Crippen LogP contribution is -2.24. The largest absolute Gasteiger partial charge is 0.378 e. The molecule has 2 aromatic carbocycles. The van der Waals surface area contributed by atoms with Gasteiger partial charge in [0.15, 0.2) is 0 Å². The van der Waals surface area contributed by atoms with Crippen molar-refractivity contribution < 1.29 is 4.79 Å². The summed E-state index contributed by atoms with van der Waals surface area (Å²) in [6.07, 6.45) is 3.30. The highest BCUT2D eigenvalue weighted by Crippen LogP contribution is 2.18. The van der Waals surface area contributed by atoms with Gasteiger partial charge in [-0.3, -0.25) is 4.79 Å². The van der Waals surface area contributed by atoms with E-state index in [1.165, 1.54) is 0 Å². The van der Waals surface area contributed by atoms with Crippen LogP contribution in [0.25, 0.3) is 6.08 Å². The Morgan fingerprint density at radius 1 is 1.04 bits per heavy atom. The molecule has 1 aliphatic rings. The first-order valence-corrected chi connectivity index (χ1v) is 8.51. The number of carbonyl (C=O) groups is 1. The van der Waals surface area contributed by atoms with Crippen LogP contribution in [0.5, 0.6) is 0 Å². The van der Waals surface area contributed by atoms with E-state index in [9.17, 15) is 4.79 Å². The highest BCUT2D eigenvalue weighted by Gasteiger charge is 2.19. The van der Waals surface area contributed by atoms with Gasteiger partial charge in [0.2, 0.25) is 0 Å². The van der Waals surface area contributed by atoms with E-state index in [2.05, 4.69) is 10.3 Å². The first-order valence-electron chi connectivity index (χ1n) is 8.14. The van der Waals surface area contributed by atoms with Crippen LogP contribution in [0, 0.1) is 0 Å². The van der Waals surface area contributed by atoms with Gasteiger partial charge in [0.1, 0.15) is 11.5 Å². The molecule has 2 aromatic rings. The van der Waals surface area contributed by atoms with Gasteiger partial charge >= 0.3 is 0 Å². The second-order valence-electron chi connectivity index (χ2n) is 6.15. The zero-order valence-corrected chi connectivity index (χ0v) is 15.0. The summed E-state index contributed by atoms with van der Waals surface area (Å²) in [5.41, 5.74) is 3.69. The van der Waals surface area contributed by atoms with Gasteiger partial charge in [-0.05, 0) is 47.9 Å². The highest BCUT2D eigenvalue weighted by atomic mass is 35.5. The standard InChI is InChI=1S/C20H20ClN3O/c1-24(2)17-10-5-15(6-11-17)13-18-20(25)23-19(22-18)12-7-14-3-8-16(21)9-4-14/h3-6,8-11,13H,7,12H2,1-2H3,(H,22,23,25)/b18-13+. The Bertz CT molecular complexity index is 821. The topological polar surface area (TPSA) is 44.7 Å². The Hall–Kier alpha value is -2.59. The van der Waals surface area contributed by atoms with Crippen LogP contribution in [-0.4, -0.2) is 25.8 Å². The Morgan fingerprint density at radius 3 is 2.36 bits per heavy atom. The number of hydrogen-bond donors (Lipinski definition) is 1. The first kappa shape index (κ1) is 17.2. The number of halogens is 1. The molecule has 0 saturated heterocycles. The third kappa shape index (κ3) is 4.48. The molecule has 0 spiro atoms. The van der Waals surface area contributed by atoms with Crippen LogP contribution in [0.15, 0.2) is 59.2 Å². The Kier molecular flexibility index (Phi) is 5.19. The second-order valence-corrected chi connectivity index (χ2v) is 6.59. The average Bonchev–Trinajstić information content (AvgIpc) is 2.94. The van der Waals surface area contributed by atoms with Gasteiger partial charge in [0.05, 0.1) is 0 Å². The van der Waals surface area contributed by atoms with Gasteiger partial charge in [-0.2, -0.15) is 0 Å². The molecule has 0 radical (unpaired) electrons. The molecule has 1 heterocycles. The number of carbonyl (C=O) groups excluding carboxylic acids is 1. The zero-order chi connectivity index (χ0) is 17.8. The predicted molar refractivity (Wildman–Crippen MR) is 104 cm³/mol. The molecule has 1 amide bonds. The number of aliphatic imine (C=N–C) groups is 1. The van der Waals surface area contributed by atoms with Crippen molar-refractivity contribution in [3.05, 3.63) is 70.4 Å². The summed E-state index contributed by atoms with van der Waals surface area (Å²) in [4.78, 5) is 18.6. The third-order valence-corrected chi connectivity index (χ3v) is 4.27. The van der Waals surface area contributed by atoms with Crippen molar-refractivity contribution in [2.45, 2.75) is 12.8 Å². The Labute approximate surface area is 152 Å². The van der Waals surface area contributed by atoms with E-state index in [0.29, 0.717) is 18.0 Å². The molecular formula is C20H20ClN3O. The Balaban J connectivity index is 1.67. The molecule has 0 saturated carbocycles. The summed E-state index contributed by atoms with van der Waals surface area (Å²) in [5, 5.41) is 3.57. The van der Waals surface area contributed by atoms with Gasteiger partial charge in [-0.15, -0.1) is 0 Å². The van der Waals surface area contributed by atoms with E-state index in [1.807, 2.05) is 73.6 Å². The third-order valence-electron chi connectivity index (χ3n) is 4.02. The zero-order valence-electron chi connectivity index (χ0n) is 14.3. The lowest BCUT2D eigenvalue weighted by atomic mass is 10.1.